The van der Waals surface area contributed by atoms with Gasteiger partial charge in [0.25, 0.3) is 0 Å². The van der Waals surface area contributed by atoms with Crippen LogP contribution in [0.2, 0.25) is 0 Å². The lowest BCUT2D eigenvalue weighted by Crippen LogP contribution is -2.38. The molecule has 0 atom stereocenters. The molecule has 0 unspecified atom stereocenters. The molecule has 0 radical (unpaired) electrons. The van der Waals surface area contributed by atoms with Gasteiger partial charge < -0.3 is 15.4 Å². The number of nitrogens with one attached hydrogen (secondary N) is 2. The molecule has 0 spiro atoms. The minimum absolute atomic E-state index is 0.137. The van der Waals surface area contributed by atoms with Crippen LogP contribution in [0.15, 0.2) is 18.2 Å². The van der Waals surface area contributed by atoms with Crippen molar-refractivity contribution < 1.29 is 9.53 Å². The third-order valence-corrected chi connectivity index (χ3v) is 2.58. The van der Waals surface area contributed by atoms with Gasteiger partial charge in [-0.25, -0.2) is 4.79 Å². The molecule has 4 heteroatoms. The Hall–Kier alpha value is -1.71. The molecule has 100 valence electrons. The van der Waals surface area contributed by atoms with Crippen LogP contribution in [-0.2, 0) is 0 Å². The molecule has 1 rings (SSSR count). The van der Waals surface area contributed by atoms with Gasteiger partial charge in [0.2, 0.25) is 0 Å². The first-order valence-corrected chi connectivity index (χ1v) is 6.36. The number of rotatable bonds is 6. The highest BCUT2D eigenvalue weighted by atomic mass is 16.5. The fraction of sp³-hybridized carbons (Fsp3) is 0.500. The summed E-state index contributed by atoms with van der Waals surface area (Å²) in [5.41, 5.74) is 2.23. The number of para-hydroxylation sites is 1. The fourth-order valence-corrected chi connectivity index (χ4v) is 1.65. The first kappa shape index (κ1) is 14.4. The highest BCUT2D eigenvalue weighted by Gasteiger charge is 2.03. The molecule has 0 fully saturated rings. The summed E-state index contributed by atoms with van der Waals surface area (Å²) in [7, 11) is 0. The molecule has 2 N–H and O–H groups in total. The van der Waals surface area contributed by atoms with Crippen LogP contribution in [0, 0.1) is 13.8 Å². The van der Waals surface area contributed by atoms with Gasteiger partial charge >= 0.3 is 6.03 Å². The summed E-state index contributed by atoms with van der Waals surface area (Å²) >= 11 is 0. The minimum atomic E-state index is -0.137. The first-order chi connectivity index (χ1) is 8.65. The van der Waals surface area contributed by atoms with E-state index in [1.807, 2.05) is 39.0 Å². The summed E-state index contributed by atoms with van der Waals surface area (Å²) in [5.74, 6) is 0.910. The van der Waals surface area contributed by atoms with Gasteiger partial charge in [0.1, 0.15) is 12.4 Å². The van der Waals surface area contributed by atoms with Crippen LogP contribution in [0.1, 0.15) is 24.5 Å². The van der Waals surface area contributed by atoms with Crippen LogP contribution in [0.3, 0.4) is 0 Å². The van der Waals surface area contributed by atoms with Gasteiger partial charge in [-0.15, -0.1) is 0 Å². The molecule has 1 aromatic rings. The van der Waals surface area contributed by atoms with Gasteiger partial charge in [-0.3, -0.25) is 0 Å². The Bertz CT molecular complexity index is 371. The fourth-order valence-electron chi connectivity index (χ4n) is 1.65. The zero-order chi connectivity index (χ0) is 13.4. The molecule has 0 bridgehead atoms. The van der Waals surface area contributed by atoms with Crippen molar-refractivity contribution in [3.05, 3.63) is 29.3 Å². The maximum absolute atomic E-state index is 11.3. The van der Waals surface area contributed by atoms with E-state index in [-0.39, 0.29) is 6.03 Å². The number of amides is 2. The standard InChI is InChI=1S/C14H22N2O2/c1-4-8-15-14(17)16-9-10-18-13-11(2)6-5-7-12(13)3/h5-7H,4,8-10H2,1-3H3,(H2,15,16,17). The Morgan fingerprint density at radius 1 is 1.17 bits per heavy atom. The summed E-state index contributed by atoms with van der Waals surface area (Å²) < 4.78 is 5.68. The van der Waals surface area contributed by atoms with E-state index in [1.54, 1.807) is 0 Å². The van der Waals surface area contributed by atoms with E-state index in [9.17, 15) is 4.79 Å². The summed E-state index contributed by atoms with van der Waals surface area (Å²) in [4.78, 5) is 11.3. The van der Waals surface area contributed by atoms with E-state index in [0.29, 0.717) is 19.7 Å². The van der Waals surface area contributed by atoms with Crippen molar-refractivity contribution in [2.75, 3.05) is 19.7 Å². The number of ether oxygens (including phenoxy) is 1. The third-order valence-electron chi connectivity index (χ3n) is 2.58. The van der Waals surface area contributed by atoms with E-state index in [1.165, 1.54) is 0 Å². The minimum Gasteiger partial charge on any atom is -0.491 e. The quantitative estimate of drug-likeness (QED) is 0.762. The average molecular weight is 250 g/mol. The number of hydrogen-bond donors (Lipinski definition) is 2. The van der Waals surface area contributed by atoms with Crippen molar-refractivity contribution >= 4 is 6.03 Å². The number of benzene rings is 1. The molecule has 0 aromatic heterocycles. The van der Waals surface area contributed by atoms with E-state index < -0.39 is 0 Å². The van der Waals surface area contributed by atoms with Gasteiger partial charge in [-0.2, -0.15) is 0 Å². The zero-order valence-corrected chi connectivity index (χ0v) is 11.4. The zero-order valence-electron chi connectivity index (χ0n) is 11.4. The van der Waals surface area contributed by atoms with Crippen LogP contribution < -0.4 is 15.4 Å². The second kappa shape index (κ2) is 7.58. The van der Waals surface area contributed by atoms with Gasteiger partial charge in [0.05, 0.1) is 6.54 Å². The smallest absolute Gasteiger partial charge is 0.314 e. The number of carbonyl (C=O) groups is 1. The van der Waals surface area contributed by atoms with Crippen LogP contribution in [0.5, 0.6) is 5.75 Å². The second-order valence-electron chi connectivity index (χ2n) is 4.25. The summed E-state index contributed by atoms with van der Waals surface area (Å²) in [6.45, 7) is 7.73. The predicted molar refractivity (Wildman–Crippen MR) is 73.1 cm³/mol. The second-order valence-corrected chi connectivity index (χ2v) is 4.25. The van der Waals surface area contributed by atoms with Crippen molar-refractivity contribution in [1.82, 2.24) is 10.6 Å². The Kier molecular flexibility index (Phi) is 6.05. The maximum atomic E-state index is 11.3. The predicted octanol–water partition coefficient (Wildman–Crippen LogP) is 2.39. The monoisotopic (exact) mass is 250 g/mol. The van der Waals surface area contributed by atoms with Gasteiger partial charge in [-0.05, 0) is 31.4 Å². The van der Waals surface area contributed by atoms with Crippen LogP contribution in [-0.4, -0.2) is 25.7 Å². The molecule has 0 saturated heterocycles. The van der Waals surface area contributed by atoms with Gasteiger partial charge in [0.15, 0.2) is 0 Å². The number of carbonyl (C=O) groups excluding carboxylic acids is 1. The number of urea groups is 1. The third kappa shape index (κ3) is 4.65. The lowest BCUT2D eigenvalue weighted by Gasteiger charge is -2.12. The Labute approximate surface area is 109 Å². The highest BCUT2D eigenvalue weighted by Crippen LogP contribution is 2.21. The topological polar surface area (TPSA) is 50.4 Å². The molecule has 1 aromatic carbocycles. The lowest BCUT2D eigenvalue weighted by atomic mass is 10.1. The molecular weight excluding hydrogens is 228 g/mol. The highest BCUT2D eigenvalue weighted by molar-refractivity contribution is 5.73. The lowest BCUT2D eigenvalue weighted by molar-refractivity contribution is 0.236. The maximum Gasteiger partial charge on any atom is 0.314 e. The van der Waals surface area contributed by atoms with E-state index in [0.717, 1.165) is 23.3 Å². The Balaban J connectivity index is 2.28. The summed E-state index contributed by atoms with van der Waals surface area (Å²) in [6.07, 6.45) is 0.937. The molecule has 0 aliphatic heterocycles. The molecule has 0 aliphatic rings. The van der Waals surface area contributed by atoms with E-state index in [2.05, 4.69) is 10.6 Å². The molecule has 0 saturated carbocycles. The normalized spacial score (nSPS) is 9.94. The van der Waals surface area contributed by atoms with E-state index >= 15 is 0 Å². The molecule has 2 amide bonds. The van der Waals surface area contributed by atoms with Crippen LogP contribution in [0.4, 0.5) is 4.79 Å². The molecule has 4 nitrogen and oxygen atoms in total. The molecule has 0 heterocycles. The van der Waals surface area contributed by atoms with Crippen molar-refractivity contribution in [2.24, 2.45) is 0 Å². The van der Waals surface area contributed by atoms with Gasteiger partial charge in [-0.1, -0.05) is 25.1 Å². The van der Waals surface area contributed by atoms with Crippen LogP contribution >= 0.6 is 0 Å². The largest absolute Gasteiger partial charge is 0.491 e. The molecule has 0 aliphatic carbocycles. The van der Waals surface area contributed by atoms with E-state index in [4.69, 9.17) is 4.74 Å². The number of aryl methyl sites for hydroxylation is 2. The number of hydrogen-bond acceptors (Lipinski definition) is 2. The summed E-state index contributed by atoms with van der Waals surface area (Å²) in [6, 6.07) is 5.91. The van der Waals surface area contributed by atoms with Gasteiger partial charge in [0, 0.05) is 6.54 Å². The summed E-state index contributed by atoms with van der Waals surface area (Å²) in [5, 5.41) is 5.50. The van der Waals surface area contributed by atoms with Crippen molar-refractivity contribution in [3.63, 3.8) is 0 Å². The van der Waals surface area contributed by atoms with Crippen molar-refractivity contribution in [1.29, 1.82) is 0 Å². The molecule has 18 heavy (non-hydrogen) atoms. The van der Waals surface area contributed by atoms with Crippen molar-refractivity contribution in [2.45, 2.75) is 27.2 Å². The Morgan fingerprint density at radius 2 is 1.78 bits per heavy atom. The first-order valence-electron chi connectivity index (χ1n) is 6.36. The average Bonchev–Trinajstić information content (AvgIpc) is 2.35. The Morgan fingerprint density at radius 3 is 2.39 bits per heavy atom. The van der Waals surface area contributed by atoms with Crippen molar-refractivity contribution in [3.8, 4) is 5.75 Å². The molecular formula is C14H22N2O2. The van der Waals surface area contributed by atoms with Crippen LogP contribution in [0.25, 0.3) is 0 Å². The SMILES string of the molecule is CCCNC(=O)NCCOc1c(C)cccc1C.